The second kappa shape index (κ2) is 8.78. The van der Waals surface area contributed by atoms with Crippen molar-refractivity contribution in [2.45, 2.75) is 13.8 Å². The summed E-state index contributed by atoms with van der Waals surface area (Å²) in [5.74, 6) is -0.230. The third-order valence-electron chi connectivity index (χ3n) is 4.71. The first-order valence-corrected chi connectivity index (χ1v) is 10.7. The third-order valence-corrected chi connectivity index (χ3v) is 5.47. The molecule has 0 saturated carbocycles. The predicted octanol–water partition coefficient (Wildman–Crippen LogP) is 6.25. The van der Waals surface area contributed by atoms with Crippen LogP contribution in [0.4, 0.5) is 5.69 Å². The maximum atomic E-state index is 12.5. The molecule has 0 spiro atoms. The minimum absolute atomic E-state index is 0.00264. The number of benzene rings is 3. The van der Waals surface area contributed by atoms with Crippen molar-refractivity contribution in [3.8, 4) is 17.2 Å². The number of phenolic OH excluding ortho intramolecular Hbond substituents is 1. The molecule has 0 atom stereocenters. The molecule has 1 amide bonds. The van der Waals surface area contributed by atoms with Crippen LogP contribution in [0, 0.1) is 13.8 Å². The fourth-order valence-electron chi connectivity index (χ4n) is 3.28. The van der Waals surface area contributed by atoms with Crippen molar-refractivity contribution in [1.82, 2.24) is 10.3 Å². The van der Waals surface area contributed by atoms with E-state index in [-0.39, 0.29) is 27.3 Å². The molecule has 6 nitrogen and oxygen atoms in total. The summed E-state index contributed by atoms with van der Waals surface area (Å²) >= 11 is 17.3. The molecule has 0 aliphatic heterocycles. The summed E-state index contributed by atoms with van der Waals surface area (Å²) < 4.78 is 5.90. The summed E-state index contributed by atoms with van der Waals surface area (Å²) in [4.78, 5) is 17.0. The van der Waals surface area contributed by atoms with Gasteiger partial charge in [-0.05, 0) is 79.7 Å². The lowest BCUT2D eigenvalue weighted by molar-refractivity contribution is 0.0978. The van der Waals surface area contributed by atoms with Crippen molar-refractivity contribution in [1.29, 1.82) is 0 Å². The molecule has 4 aromatic rings. The molecule has 0 fully saturated rings. The molecule has 0 unspecified atom stereocenters. The van der Waals surface area contributed by atoms with Crippen LogP contribution in [0.2, 0.25) is 10.0 Å². The van der Waals surface area contributed by atoms with Crippen LogP contribution in [-0.2, 0) is 0 Å². The van der Waals surface area contributed by atoms with Gasteiger partial charge in [0, 0.05) is 10.7 Å². The molecule has 3 N–H and O–H groups in total. The number of carbonyl (C=O) groups excluding carboxylic acids is 1. The van der Waals surface area contributed by atoms with Crippen molar-refractivity contribution in [3.05, 3.63) is 75.3 Å². The molecule has 162 valence electrons. The van der Waals surface area contributed by atoms with E-state index in [1.165, 1.54) is 18.2 Å². The number of aromatic nitrogens is 1. The number of phenols is 1. The second-order valence-electron chi connectivity index (χ2n) is 7.21. The number of hydrogen-bond acceptors (Lipinski definition) is 5. The maximum Gasteiger partial charge on any atom is 0.258 e. The first-order valence-electron chi connectivity index (χ1n) is 9.50. The number of fused-ring (bicyclic) bond motifs is 1. The van der Waals surface area contributed by atoms with Crippen LogP contribution >= 0.6 is 35.4 Å². The van der Waals surface area contributed by atoms with E-state index in [9.17, 15) is 9.90 Å². The highest BCUT2D eigenvalue weighted by molar-refractivity contribution is 7.80. The number of aryl methyl sites for hydroxylation is 2. The Kier molecular flexibility index (Phi) is 6.06. The molecule has 1 aromatic heterocycles. The van der Waals surface area contributed by atoms with Gasteiger partial charge in [0.1, 0.15) is 11.3 Å². The van der Waals surface area contributed by atoms with Gasteiger partial charge in [-0.1, -0.05) is 29.3 Å². The Morgan fingerprint density at radius 3 is 2.66 bits per heavy atom. The van der Waals surface area contributed by atoms with Crippen LogP contribution in [0.25, 0.3) is 22.6 Å². The Labute approximate surface area is 199 Å². The van der Waals surface area contributed by atoms with Crippen LogP contribution in [0.1, 0.15) is 21.5 Å². The van der Waals surface area contributed by atoms with Gasteiger partial charge in [-0.25, -0.2) is 4.98 Å². The van der Waals surface area contributed by atoms with Gasteiger partial charge >= 0.3 is 0 Å². The average Bonchev–Trinajstić information content (AvgIpc) is 3.15. The smallest absolute Gasteiger partial charge is 0.258 e. The van der Waals surface area contributed by atoms with Gasteiger partial charge in [-0.15, -0.1) is 0 Å². The minimum Gasteiger partial charge on any atom is -0.507 e. The van der Waals surface area contributed by atoms with Crippen molar-refractivity contribution in [2.24, 2.45) is 0 Å². The molecule has 1 heterocycles. The summed E-state index contributed by atoms with van der Waals surface area (Å²) in [5.41, 5.74) is 4.49. The van der Waals surface area contributed by atoms with Crippen molar-refractivity contribution in [3.63, 3.8) is 0 Å². The second-order valence-corrected chi connectivity index (χ2v) is 8.47. The van der Waals surface area contributed by atoms with Crippen molar-refractivity contribution < 1.29 is 14.3 Å². The highest BCUT2D eigenvalue weighted by atomic mass is 35.5. The Hall–Kier alpha value is -3.13. The molecule has 0 radical (unpaired) electrons. The lowest BCUT2D eigenvalue weighted by atomic mass is 10.1. The van der Waals surface area contributed by atoms with Crippen LogP contribution in [0.3, 0.4) is 0 Å². The molecule has 0 aliphatic carbocycles. The summed E-state index contributed by atoms with van der Waals surface area (Å²) in [7, 11) is 0. The van der Waals surface area contributed by atoms with E-state index in [4.69, 9.17) is 39.8 Å². The van der Waals surface area contributed by atoms with Crippen LogP contribution in [-0.4, -0.2) is 21.1 Å². The summed E-state index contributed by atoms with van der Waals surface area (Å²) in [5, 5.41) is 16.5. The zero-order chi connectivity index (χ0) is 23.0. The van der Waals surface area contributed by atoms with Gasteiger partial charge < -0.3 is 14.8 Å². The normalized spacial score (nSPS) is 10.9. The van der Waals surface area contributed by atoms with Crippen molar-refractivity contribution in [2.75, 3.05) is 5.32 Å². The van der Waals surface area contributed by atoms with E-state index in [0.717, 1.165) is 11.1 Å². The highest BCUT2D eigenvalue weighted by Gasteiger charge is 2.16. The summed E-state index contributed by atoms with van der Waals surface area (Å²) in [6.45, 7) is 3.92. The predicted molar refractivity (Wildman–Crippen MR) is 131 cm³/mol. The quantitative estimate of drug-likeness (QED) is 0.234. The van der Waals surface area contributed by atoms with E-state index in [0.29, 0.717) is 27.4 Å². The first-order chi connectivity index (χ1) is 15.2. The Morgan fingerprint density at radius 2 is 1.88 bits per heavy atom. The number of anilines is 1. The van der Waals surface area contributed by atoms with Gasteiger partial charge in [-0.2, -0.15) is 0 Å². The van der Waals surface area contributed by atoms with E-state index in [1.807, 2.05) is 26.0 Å². The summed E-state index contributed by atoms with van der Waals surface area (Å²) in [6.07, 6.45) is 0. The molecule has 3 aromatic carbocycles. The first kappa shape index (κ1) is 22.1. The fourth-order valence-corrected chi connectivity index (χ4v) is 3.87. The zero-order valence-corrected chi connectivity index (χ0v) is 19.3. The zero-order valence-electron chi connectivity index (χ0n) is 17.0. The number of carbonyl (C=O) groups is 1. The number of rotatable bonds is 3. The molecule has 0 saturated heterocycles. The SMILES string of the molecule is Cc1cc(C)c2oc(-c3cc(NC(=S)NC(=O)c4cc(Cl)ccc4Cl)ccc3O)nc2c1. The number of halogens is 2. The Morgan fingerprint density at radius 1 is 1.09 bits per heavy atom. The van der Waals surface area contributed by atoms with Gasteiger partial charge in [0.25, 0.3) is 5.91 Å². The molecule has 0 aliphatic rings. The molecular formula is C23H17Cl2N3O3S. The van der Waals surface area contributed by atoms with E-state index in [2.05, 4.69) is 15.6 Å². The topological polar surface area (TPSA) is 87.4 Å². The van der Waals surface area contributed by atoms with E-state index < -0.39 is 5.91 Å². The molecular weight excluding hydrogens is 469 g/mol. The number of hydrogen-bond donors (Lipinski definition) is 3. The molecule has 32 heavy (non-hydrogen) atoms. The van der Waals surface area contributed by atoms with Gasteiger partial charge in [0.2, 0.25) is 5.89 Å². The standard InChI is InChI=1S/C23H17Cl2N3O3S/c1-11-7-12(2)20-18(8-11)27-22(31-20)16-10-14(4-6-19(16)29)26-23(32)28-21(30)15-9-13(24)3-5-17(15)25/h3-10,29H,1-2H3,(H2,26,28,30,32). The van der Waals surface area contributed by atoms with Gasteiger partial charge in [0.05, 0.1) is 16.1 Å². The summed E-state index contributed by atoms with van der Waals surface area (Å²) in [6, 6.07) is 13.2. The van der Waals surface area contributed by atoms with Crippen LogP contribution in [0.5, 0.6) is 5.75 Å². The Balaban J connectivity index is 1.56. The number of thiocarbonyl (C=S) groups is 1. The minimum atomic E-state index is -0.501. The monoisotopic (exact) mass is 485 g/mol. The van der Waals surface area contributed by atoms with Crippen LogP contribution < -0.4 is 10.6 Å². The van der Waals surface area contributed by atoms with E-state index in [1.54, 1.807) is 18.2 Å². The Bertz CT molecular complexity index is 1380. The lowest BCUT2D eigenvalue weighted by Crippen LogP contribution is -2.34. The van der Waals surface area contributed by atoms with E-state index >= 15 is 0 Å². The number of nitrogens with zero attached hydrogens (tertiary/aromatic N) is 1. The molecule has 9 heteroatoms. The van der Waals surface area contributed by atoms with Crippen molar-refractivity contribution >= 4 is 63.2 Å². The lowest BCUT2D eigenvalue weighted by Gasteiger charge is -2.11. The third kappa shape index (κ3) is 4.55. The fraction of sp³-hybridized carbons (Fsp3) is 0.0870. The van der Waals surface area contributed by atoms with Gasteiger partial charge in [0.15, 0.2) is 10.7 Å². The number of oxazole rings is 1. The highest BCUT2D eigenvalue weighted by Crippen LogP contribution is 2.34. The number of aromatic hydroxyl groups is 1. The van der Waals surface area contributed by atoms with Gasteiger partial charge in [-0.3, -0.25) is 10.1 Å². The number of nitrogens with one attached hydrogen (secondary N) is 2. The largest absolute Gasteiger partial charge is 0.507 e. The molecule has 4 rings (SSSR count). The number of amides is 1. The average molecular weight is 486 g/mol. The maximum absolute atomic E-state index is 12.5. The molecule has 0 bridgehead atoms. The van der Waals surface area contributed by atoms with Crippen LogP contribution in [0.15, 0.2) is 52.9 Å².